The largest absolute Gasteiger partial charge is 0.475 e. The average molecular weight is 530 g/mol. The van der Waals surface area contributed by atoms with Gasteiger partial charge in [0.2, 0.25) is 0 Å². The topological polar surface area (TPSA) is 135 Å². The van der Waals surface area contributed by atoms with Crippen LogP contribution in [0.2, 0.25) is 0 Å². The highest BCUT2D eigenvalue weighted by Gasteiger charge is 2.42. The van der Waals surface area contributed by atoms with E-state index in [0.717, 1.165) is 0 Å². The van der Waals surface area contributed by atoms with E-state index < -0.39 is 42.0 Å². The Labute approximate surface area is 223 Å². The van der Waals surface area contributed by atoms with Crippen molar-refractivity contribution >= 4 is 19.1 Å². The molecule has 0 bridgehead atoms. The number of ether oxygens (including phenoxy) is 2. The fourth-order valence-electron chi connectivity index (χ4n) is 4.91. The monoisotopic (exact) mass is 530 g/mol. The molecule has 2 aliphatic rings. The molecular formula is C26H36BFN4O6. The zero-order chi connectivity index (χ0) is 27.9. The average Bonchev–Trinajstić information content (AvgIpc) is 3.28. The van der Waals surface area contributed by atoms with Crippen LogP contribution in [-0.4, -0.2) is 95.4 Å². The van der Waals surface area contributed by atoms with Crippen LogP contribution in [-0.2, 0) is 20.7 Å². The SMILES string of the molecule is CC(C)(/C=C(\C#N)C(=O)N1CCC[C@]1(C)COC(=O)N[C@@H](Cc1ccc(F)cc1)B(O)O)N1CCOCC1. The molecule has 0 unspecified atom stereocenters. The van der Waals surface area contributed by atoms with Crippen molar-refractivity contribution < 1.29 is 33.5 Å². The Morgan fingerprint density at radius 1 is 1.29 bits per heavy atom. The summed E-state index contributed by atoms with van der Waals surface area (Å²) >= 11 is 0. The molecule has 0 spiro atoms. The Morgan fingerprint density at radius 2 is 1.95 bits per heavy atom. The summed E-state index contributed by atoms with van der Waals surface area (Å²) in [5.74, 6) is -1.93. The number of rotatable bonds is 9. The second-order valence-electron chi connectivity index (χ2n) is 10.6. The van der Waals surface area contributed by atoms with Gasteiger partial charge in [-0.1, -0.05) is 12.1 Å². The van der Waals surface area contributed by atoms with Crippen molar-refractivity contribution in [3.05, 3.63) is 47.3 Å². The highest BCUT2D eigenvalue weighted by molar-refractivity contribution is 6.43. The van der Waals surface area contributed by atoms with Crippen LogP contribution in [0.15, 0.2) is 35.9 Å². The third kappa shape index (κ3) is 7.54. The quantitative estimate of drug-likeness (QED) is 0.248. The molecule has 10 nitrogen and oxygen atoms in total. The first-order valence-corrected chi connectivity index (χ1v) is 12.8. The van der Waals surface area contributed by atoms with Gasteiger partial charge in [0.1, 0.15) is 24.1 Å². The van der Waals surface area contributed by atoms with Crippen molar-refractivity contribution in [2.24, 2.45) is 0 Å². The molecule has 2 saturated heterocycles. The lowest BCUT2D eigenvalue weighted by atomic mass is 9.76. The number of carbonyl (C=O) groups excluding carboxylic acids is 2. The second-order valence-corrected chi connectivity index (χ2v) is 10.6. The van der Waals surface area contributed by atoms with E-state index >= 15 is 0 Å². The fourth-order valence-corrected chi connectivity index (χ4v) is 4.91. The van der Waals surface area contributed by atoms with E-state index in [0.29, 0.717) is 51.3 Å². The molecule has 0 aromatic heterocycles. The van der Waals surface area contributed by atoms with Crippen LogP contribution in [0.1, 0.15) is 39.2 Å². The first-order valence-electron chi connectivity index (χ1n) is 12.8. The van der Waals surface area contributed by atoms with Gasteiger partial charge in [0.15, 0.2) is 0 Å². The van der Waals surface area contributed by atoms with Crippen LogP contribution in [0.3, 0.4) is 0 Å². The lowest BCUT2D eigenvalue weighted by Crippen LogP contribution is -2.52. The fraction of sp³-hybridized carbons (Fsp3) is 0.577. The third-order valence-electron chi connectivity index (χ3n) is 7.21. The maximum Gasteiger partial charge on any atom is 0.475 e. The van der Waals surface area contributed by atoms with E-state index in [1.165, 1.54) is 24.3 Å². The zero-order valence-corrected chi connectivity index (χ0v) is 22.2. The van der Waals surface area contributed by atoms with Crippen LogP contribution < -0.4 is 5.32 Å². The lowest BCUT2D eigenvalue weighted by molar-refractivity contribution is -0.131. The number of halogens is 1. The Morgan fingerprint density at radius 3 is 2.55 bits per heavy atom. The van der Waals surface area contributed by atoms with E-state index in [1.54, 1.807) is 17.9 Å². The predicted molar refractivity (Wildman–Crippen MR) is 138 cm³/mol. The van der Waals surface area contributed by atoms with Gasteiger partial charge in [0.05, 0.1) is 24.7 Å². The molecule has 38 heavy (non-hydrogen) atoms. The molecule has 2 fully saturated rings. The van der Waals surface area contributed by atoms with Crippen molar-refractivity contribution in [1.29, 1.82) is 5.26 Å². The number of carbonyl (C=O) groups is 2. The molecule has 3 N–H and O–H groups in total. The van der Waals surface area contributed by atoms with Gasteiger partial charge in [0, 0.05) is 25.2 Å². The number of benzene rings is 1. The maximum absolute atomic E-state index is 13.4. The molecular weight excluding hydrogens is 494 g/mol. The summed E-state index contributed by atoms with van der Waals surface area (Å²) in [5, 5.41) is 31.7. The number of hydrogen-bond acceptors (Lipinski definition) is 8. The molecule has 3 rings (SSSR count). The van der Waals surface area contributed by atoms with E-state index in [9.17, 15) is 29.3 Å². The van der Waals surface area contributed by atoms with Crippen LogP contribution in [0, 0.1) is 17.1 Å². The van der Waals surface area contributed by atoms with Crippen LogP contribution in [0.25, 0.3) is 0 Å². The van der Waals surface area contributed by atoms with Gasteiger partial charge in [-0.25, -0.2) is 9.18 Å². The van der Waals surface area contributed by atoms with Gasteiger partial charge >= 0.3 is 13.2 Å². The molecule has 2 heterocycles. The number of hydrogen-bond donors (Lipinski definition) is 3. The van der Waals surface area contributed by atoms with Gasteiger partial charge in [0.25, 0.3) is 5.91 Å². The minimum Gasteiger partial charge on any atom is -0.447 e. The third-order valence-corrected chi connectivity index (χ3v) is 7.21. The molecule has 0 radical (unpaired) electrons. The van der Waals surface area contributed by atoms with Gasteiger partial charge in [-0.05, 0) is 63.8 Å². The van der Waals surface area contributed by atoms with Crippen molar-refractivity contribution in [2.45, 2.75) is 57.1 Å². The van der Waals surface area contributed by atoms with Crippen LogP contribution in [0.4, 0.5) is 9.18 Å². The summed E-state index contributed by atoms with van der Waals surface area (Å²) in [6.45, 7) is 8.57. The number of amides is 2. The Kier molecular flexibility index (Phi) is 9.90. The predicted octanol–water partition coefficient (Wildman–Crippen LogP) is 1.42. The smallest absolute Gasteiger partial charge is 0.447 e. The van der Waals surface area contributed by atoms with E-state index in [-0.39, 0.29) is 18.6 Å². The summed E-state index contributed by atoms with van der Waals surface area (Å²) < 4.78 is 24.0. The normalized spacial score (nSPS) is 21.5. The number of nitriles is 1. The molecule has 12 heteroatoms. The number of nitrogens with one attached hydrogen (secondary N) is 1. The molecule has 1 aromatic rings. The van der Waals surface area contributed by atoms with Crippen molar-refractivity contribution in [3.8, 4) is 6.07 Å². The Balaban J connectivity index is 1.63. The first kappa shape index (κ1) is 29.6. The minimum absolute atomic E-state index is 0.0295. The first-order chi connectivity index (χ1) is 17.9. The van der Waals surface area contributed by atoms with E-state index in [1.807, 2.05) is 13.8 Å². The minimum atomic E-state index is -1.87. The van der Waals surface area contributed by atoms with Crippen LogP contribution in [0.5, 0.6) is 0 Å². The summed E-state index contributed by atoms with van der Waals surface area (Å²) in [6, 6.07) is 7.52. The molecule has 0 aliphatic carbocycles. The number of alkyl carbamates (subject to hydrolysis) is 1. The summed E-state index contributed by atoms with van der Waals surface area (Å²) in [5.41, 5.74) is -0.735. The van der Waals surface area contributed by atoms with Gasteiger partial charge in [-0.15, -0.1) is 0 Å². The van der Waals surface area contributed by atoms with Gasteiger partial charge in [-0.3, -0.25) is 9.69 Å². The van der Waals surface area contributed by atoms with Crippen molar-refractivity contribution in [1.82, 2.24) is 15.1 Å². The summed E-state index contributed by atoms with van der Waals surface area (Å²) in [7, 11) is -1.87. The molecule has 2 aliphatic heterocycles. The van der Waals surface area contributed by atoms with Crippen molar-refractivity contribution in [3.63, 3.8) is 0 Å². The Bertz CT molecular complexity index is 1050. The van der Waals surface area contributed by atoms with Crippen LogP contribution >= 0.6 is 0 Å². The number of morpholine rings is 1. The molecule has 2 atom stereocenters. The van der Waals surface area contributed by atoms with Crippen molar-refractivity contribution in [2.75, 3.05) is 39.5 Å². The second kappa shape index (κ2) is 12.7. The summed E-state index contributed by atoms with van der Waals surface area (Å²) in [4.78, 5) is 29.7. The highest BCUT2D eigenvalue weighted by Crippen LogP contribution is 2.31. The standard InChI is InChI=1S/C26H36BFN4O6/c1-25(2,31-11-13-37-14-12-31)16-20(17-29)23(33)32-10-4-9-26(32,3)18-38-24(34)30-22(27(35)36)15-19-5-7-21(28)8-6-19/h5-8,16,22,35-36H,4,9-15,18H2,1-3H3,(H,30,34)/b20-16+/t22-,26+/m0/s1. The van der Waals surface area contributed by atoms with Gasteiger partial charge in [-0.2, -0.15) is 5.26 Å². The zero-order valence-electron chi connectivity index (χ0n) is 22.2. The highest BCUT2D eigenvalue weighted by atomic mass is 19.1. The Hall–Kier alpha value is -2.98. The molecule has 2 amide bonds. The van der Waals surface area contributed by atoms with E-state index in [4.69, 9.17) is 9.47 Å². The number of likely N-dealkylation sites (tertiary alicyclic amines) is 1. The molecule has 1 aromatic carbocycles. The number of nitrogens with zero attached hydrogens (tertiary/aromatic N) is 3. The molecule has 0 saturated carbocycles. The summed E-state index contributed by atoms with van der Waals surface area (Å²) in [6.07, 6.45) is 2.11. The van der Waals surface area contributed by atoms with Gasteiger partial charge < -0.3 is 29.7 Å². The molecule has 206 valence electrons. The van der Waals surface area contributed by atoms with E-state index in [2.05, 4.69) is 16.3 Å². The maximum atomic E-state index is 13.4. The lowest BCUT2D eigenvalue weighted by Gasteiger charge is -2.39.